The predicted octanol–water partition coefficient (Wildman–Crippen LogP) is 2.73. The first-order valence-corrected chi connectivity index (χ1v) is 8.14. The van der Waals surface area contributed by atoms with Crippen LogP contribution in [0.5, 0.6) is 0 Å². The number of hydrogen-bond acceptors (Lipinski definition) is 2. The van der Waals surface area contributed by atoms with Gasteiger partial charge in [-0.05, 0) is 18.4 Å². The standard InChI is InChI=1S/C18H28N2O2/c1-4-13-20(17(21)5-2)15-14-19(3)18(22)12-11-16-9-7-6-8-10-16/h6-10H,4-5,11-15H2,1-3H3. The summed E-state index contributed by atoms with van der Waals surface area (Å²) in [5, 5.41) is 0. The molecule has 0 heterocycles. The molecule has 0 radical (unpaired) electrons. The molecule has 0 spiro atoms. The largest absolute Gasteiger partial charge is 0.344 e. The number of benzene rings is 1. The van der Waals surface area contributed by atoms with Gasteiger partial charge in [0.1, 0.15) is 0 Å². The SMILES string of the molecule is CCCN(CCN(C)C(=O)CCc1ccccc1)C(=O)CC. The van der Waals surface area contributed by atoms with Crippen molar-refractivity contribution in [1.29, 1.82) is 0 Å². The third-order valence-electron chi connectivity index (χ3n) is 3.75. The Morgan fingerprint density at radius 3 is 2.23 bits per heavy atom. The minimum atomic E-state index is 0.129. The van der Waals surface area contributed by atoms with Crippen molar-refractivity contribution in [1.82, 2.24) is 9.80 Å². The Morgan fingerprint density at radius 2 is 1.64 bits per heavy atom. The minimum absolute atomic E-state index is 0.129. The number of rotatable bonds is 9. The molecule has 0 bridgehead atoms. The molecular weight excluding hydrogens is 276 g/mol. The van der Waals surface area contributed by atoms with Gasteiger partial charge in [0.25, 0.3) is 0 Å². The van der Waals surface area contributed by atoms with E-state index in [4.69, 9.17) is 0 Å². The summed E-state index contributed by atoms with van der Waals surface area (Å²) in [6.45, 7) is 5.91. The third-order valence-corrected chi connectivity index (χ3v) is 3.75. The molecule has 0 aliphatic carbocycles. The lowest BCUT2D eigenvalue weighted by atomic mass is 10.1. The maximum Gasteiger partial charge on any atom is 0.222 e. The van der Waals surface area contributed by atoms with E-state index in [-0.39, 0.29) is 11.8 Å². The molecule has 4 heteroatoms. The summed E-state index contributed by atoms with van der Waals surface area (Å²) < 4.78 is 0. The van der Waals surface area contributed by atoms with Crippen LogP contribution in [-0.4, -0.2) is 48.3 Å². The van der Waals surface area contributed by atoms with Crippen LogP contribution in [0.1, 0.15) is 38.7 Å². The second kappa shape index (κ2) is 9.98. The summed E-state index contributed by atoms with van der Waals surface area (Å²) in [5.41, 5.74) is 1.18. The molecule has 0 atom stereocenters. The lowest BCUT2D eigenvalue weighted by molar-refractivity contribution is -0.134. The second-order valence-corrected chi connectivity index (χ2v) is 5.54. The van der Waals surface area contributed by atoms with Crippen LogP contribution in [0.2, 0.25) is 0 Å². The van der Waals surface area contributed by atoms with Crippen LogP contribution in [0.4, 0.5) is 0 Å². The quantitative estimate of drug-likeness (QED) is 0.704. The van der Waals surface area contributed by atoms with Gasteiger partial charge in [-0.1, -0.05) is 44.2 Å². The highest BCUT2D eigenvalue weighted by molar-refractivity contribution is 5.77. The van der Waals surface area contributed by atoms with Gasteiger partial charge in [-0.2, -0.15) is 0 Å². The topological polar surface area (TPSA) is 40.6 Å². The highest BCUT2D eigenvalue weighted by atomic mass is 16.2. The van der Waals surface area contributed by atoms with Crippen LogP contribution in [0.25, 0.3) is 0 Å². The Morgan fingerprint density at radius 1 is 0.955 bits per heavy atom. The second-order valence-electron chi connectivity index (χ2n) is 5.54. The van der Waals surface area contributed by atoms with Crippen molar-refractivity contribution in [3.63, 3.8) is 0 Å². The van der Waals surface area contributed by atoms with Crippen LogP contribution < -0.4 is 0 Å². The number of hydrogen-bond donors (Lipinski definition) is 0. The average molecular weight is 304 g/mol. The molecule has 122 valence electrons. The highest BCUT2D eigenvalue weighted by Crippen LogP contribution is 2.04. The maximum atomic E-state index is 12.1. The van der Waals surface area contributed by atoms with Crippen molar-refractivity contribution >= 4 is 11.8 Å². The Labute approximate surface area is 134 Å². The smallest absolute Gasteiger partial charge is 0.222 e. The molecule has 0 unspecified atom stereocenters. The summed E-state index contributed by atoms with van der Waals surface area (Å²) in [5.74, 6) is 0.288. The van der Waals surface area contributed by atoms with Gasteiger partial charge in [-0.3, -0.25) is 9.59 Å². The van der Waals surface area contributed by atoms with Crippen molar-refractivity contribution in [2.24, 2.45) is 0 Å². The van der Waals surface area contributed by atoms with Crippen molar-refractivity contribution in [3.05, 3.63) is 35.9 Å². The molecule has 0 saturated carbocycles. The van der Waals surface area contributed by atoms with E-state index in [0.717, 1.165) is 19.4 Å². The van der Waals surface area contributed by atoms with Crippen LogP contribution in [0.3, 0.4) is 0 Å². The molecule has 2 amide bonds. The van der Waals surface area contributed by atoms with E-state index in [9.17, 15) is 9.59 Å². The molecule has 0 N–H and O–H groups in total. The number of nitrogens with zero attached hydrogens (tertiary/aromatic N) is 2. The number of likely N-dealkylation sites (N-methyl/N-ethyl adjacent to an activating group) is 1. The normalized spacial score (nSPS) is 10.3. The lowest BCUT2D eigenvalue weighted by Crippen LogP contribution is -2.39. The van der Waals surface area contributed by atoms with E-state index in [2.05, 4.69) is 6.92 Å². The molecule has 1 aromatic carbocycles. The minimum Gasteiger partial charge on any atom is -0.344 e. The van der Waals surface area contributed by atoms with E-state index in [0.29, 0.717) is 25.9 Å². The average Bonchev–Trinajstić information content (AvgIpc) is 2.56. The van der Waals surface area contributed by atoms with E-state index in [1.54, 1.807) is 4.90 Å². The molecule has 4 nitrogen and oxygen atoms in total. The Kier molecular flexibility index (Phi) is 8.26. The van der Waals surface area contributed by atoms with Gasteiger partial charge in [0.2, 0.25) is 11.8 Å². The van der Waals surface area contributed by atoms with Crippen molar-refractivity contribution in [2.75, 3.05) is 26.7 Å². The summed E-state index contributed by atoms with van der Waals surface area (Å²) in [7, 11) is 1.81. The molecule has 0 fully saturated rings. The summed E-state index contributed by atoms with van der Waals surface area (Å²) in [6.07, 6.45) is 2.73. The molecule has 1 aromatic rings. The van der Waals surface area contributed by atoms with Crippen LogP contribution >= 0.6 is 0 Å². The number of carbonyl (C=O) groups is 2. The van der Waals surface area contributed by atoms with Crippen LogP contribution in [0.15, 0.2) is 30.3 Å². The monoisotopic (exact) mass is 304 g/mol. The van der Waals surface area contributed by atoms with Crippen LogP contribution in [0, 0.1) is 0 Å². The maximum absolute atomic E-state index is 12.1. The van der Waals surface area contributed by atoms with Gasteiger partial charge in [-0.15, -0.1) is 0 Å². The molecule has 22 heavy (non-hydrogen) atoms. The summed E-state index contributed by atoms with van der Waals surface area (Å²) >= 11 is 0. The Hall–Kier alpha value is -1.84. The first-order valence-electron chi connectivity index (χ1n) is 8.14. The number of carbonyl (C=O) groups excluding carboxylic acids is 2. The molecule has 0 aromatic heterocycles. The van der Waals surface area contributed by atoms with E-state index < -0.39 is 0 Å². The van der Waals surface area contributed by atoms with Gasteiger partial charge in [0, 0.05) is 39.5 Å². The highest BCUT2D eigenvalue weighted by Gasteiger charge is 2.14. The molecule has 1 rings (SSSR count). The first kappa shape index (κ1) is 18.2. The van der Waals surface area contributed by atoms with Crippen molar-refractivity contribution in [3.8, 4) is 0 Å². The zero-order chi connectivity index (χ0) is 16.4. The number of amides is 2. The van der Waals surface area contributed by atoms with Gasteiger partial charge >= 0.3 is 0 Å². The van der Waals surface area contributed by atoms with E-state index in [1.165, 1.54) is 5.56 Å². The Balaban J connectivity index is 2.38. The molecule has 0 saturated heterocycles. The van der Waals surface area contributed by atoms with Crippen molar-refractivity contribution < 1.29 is 9.59 Å². The van der Waals surface area contributed by atoms with E-state index >= 15 is 0 Å². The molecular formula is C18H28N2O2. The fourth-order valence-electron chi connectivity index (χ4n) is 2.34. The molecule has 0 aliphatic rings. The summed E-state index contributed by atoms with van der Waals surface area (Å²) in [4.78, 5) is 27.5. The van der Waals surface area contributed by atoms with Gasteiger partial charge in [-0.25, -0.2) is 0 Å². The first-order chi connectivity index (χ1) is 10.6. The Bertz CT molecular complexity index is 459. The lowest BCUT2D eigenvalue weighted by Gasteiger charge is -2.25. The summed E-state index contributed by atoms with van der Waals surface area (Å²) in [6, 6.07) is 10.0. The van der Waals surface area contributed by atoms with Gasteiger partial charge in [0.15, 0.2) is 0 Å². The van der Waals surface area contributed by atoms with Crippen molar-refractivity contribution in [2.45, 2.75) is 39.5 Å². The zero-order valence-corrected chi connectivity index (χ0v) is 14.0. The zero-order valence-electron chi connectivity index (χ0n) is 14.0. The predicted molar refractivity (Wildman–Crippen MR) is 89.6 cm³/mol. The van der Waals surface area contributed by atoms with Gasteiger partial charge in [0.05, 0.1) is 0 Å². The van der Waals surface area contributed by atoms with Gasteiger partial charge < -0.3 is 9.80 Å². The third kappa shape index (κ3) is 6.29. The number of aryl methyl sites for hydroxylation is 1. The van der Waals surface area contributed by atoms with E-state index in [1.807, 2.05) is 49.2 Å². The fraction of sp³-hybridized carbons (Fsp3) is 0.556. The molecule has 0 aliphatic heterocycles. The fourth-order valence-corrected chi connectivity index (χ4v) is 2.34. The van der Waals surface area contributed by atoms with Crippen LogP contribution in [-0.2, 0) is 16.0 Å².